The van der Waals surface area contributed by atoms with Crippen molar-refractivity contribution in [3.8, 4) is 6.07 Å². The Labute approximate surface area is 97.2 Å². The molecule has 0 spiro atoms. The van der Waals surface area contributed by atoms with Crippen LogP contribution >= 0.6 is 15.9 Å². The summed E-state index contributed by atoms with van der Waals surface area (Å²) in [6.45, 7) is 0.798. The van der Waals surface area contributed by atoms with Crippen molar-refractivity contribution in [2.24, 2.45) is 0 Å². The molecule has 1 rings (SSSR count). The monoisotopic (exact) mass is 270 g/mol. The number of rotatable bonds is 5. The van der Waals surface area contributed by atoms with Crippen LogP contribution in [0.15, 0.2) is 22.7 Å². The van der Waals surface area contributed by atoms with Crippen molar-refractivity contribution in [2.45, 2.75) is 19.3 Å². The number of hydrogen-bond acceptors (Lipinski definition) is 2. The molecule has 0 bridgehead atoms. The van der Waals surface area contributed by atoms with Crippen molar-refractivity contribution >= 4 is 21.6 Å². The Bertz CT molecular complexity index is 360. The first-order valence-corrected chi connectivity index (χ1v) is 5.59. The molecule has 1 aromatic carbocycles. The molecule has 0 atom stereocenters. The molecule has 0 fully saturated rings. The van der Waals surface area contributed by atoms with Gasteiger partial charge in [0.2, 0.25) is 0 Å². The Kier molecular flexibility index (Phi) is 5.13. The fraction of sp³-hybridized carbons (Fsp3) is 0.364. The quantitative estimate of drug-likeness (QED) is 0.829. The van der Waals surface area contributed by atoms with Crippen molar-refractivity contribution in [1.82, 2.24) is 0 Å². The number of nitrogens with zero attached hydrogens (tertiary/aromatic N) is 1. The minimum Gasteiger partial charge on any atom is -0.384 e. The number of unbranched alkanes of at least 4 members (excludes halogenated alkanes) is 2. The summed E-state index contributed by atoms with van der Waals surface area (Å²) in [6.07, 6.45) is 2.42. The van der Waals surface area contributed by atoms with Gasteiger partial charge in [-0.2, -0.15) is 5.26 Å². The second-order valence-electron chi connectivity index (χ2n) is 3.17. The third kappa shape index (κ3) is 4.30. The van der Waals surface area contributed by atoms with E-state index in [2.05, 4.69) is 27.3 Å². The van der Waals surface area contributed by atoms with Gasteiger partial charge in [0.05, 0.1) is 6.07 Å². The molecule has 0 aromatic heterocycles. The molecular weight excluding hydrogens is 259 g/mol. The van der Waals surface area contributed by atoms with Crippen molar-refractivity contribution < 1.29 is 4.39 Å². The van der Waals surface area contributed by atoms with E-state index in [1.807, 2.05) is 0 Å². The first-order chi connectivity index (χ1) is 7.24. The molecule has 0 aliphatic carbocycles. The maximum atomic E-state index is 12.7. The van der Waals surface area contributed by atoms with Crippen LogP contribution in [0.3, 0.4) is 0 Å². The second kappa shape index (κ2) is 6.41. The van der Waals surface area contributed by atoms with Gasteiger partial charge in [0.1, 0.15) is 5.82 Å². The minimum atomic E-state index is -0.253. The third-order valence-corrected chi connectivity index (χ3v) is 2.62. The van der Waals surface area contributed by atoms with E-state index in [1.165, 1.54) is 12.1 Å². The number of benzene rings is 1. The minimum absolute atomic E-state index is 0.253. The fourth-order valence-corrected chi connectivity index (χ4v) is 1.68. The number of nitrogens with one attached hydrogen (secondary N) is 1. The summed E-state index contributed by atoms with van der Waals surface area (Å²) in [5.74, 6) is -0.253. The Hall–Kier alpha value is -1.08. The average Bonchev–Trinajstić information content (AvgIpc) is 2.20. The van der Waals surface area contributed by atoms with Crippen LogP contribution < -0.4 is 5.32 Å². The van der Waals surface area contributed by atoms with Gasteiger partial charge in [-0.3, -0.25) is 0 Å². The van der Waals surface area contributed by atoms with Crippen molar-refractivity contribution in [2.75, 3.05) is 11.9 Å². The Morgan fingerprint density at radius 1 is 1.40 bits per heavy atom. The van der Waals surface area contributed by atoms with Crippen molar-refractivity contribution in [3.63, 3.8) is 0 Å². The Balaban J connectivity index is 2.35. The number of halogens is 2. The summed E-state index contributed by atoms with van der Waals surface area (Å²) in [5, 5.41) is 11.5. The molecule has 0 saturated heterocycles. The van der Waals surface area contributed by atoms with E-state index in [0.717, 1.165) is 29.5 Å². The zero-order valence-electron chi connectivity index (χ0n) is 8.26. The van der Waals surface area contributed by atoms with E-state index in [1.54, 1.807) is 6.07 Å². The van der Waals surface area contributed by atoms with E-state index in [9.17, 15) is 4.39 Å². The van der Waals surface area contributed by atoms with Crippen LogP contribution in [0, 0.1) is 17.1 Å². The molecule has 0 radical (unpaired) electrons. The predicted molar refractivity (Wildman–Crippen MR) is 62.1 cm³/mol. The molecule has 80 valence electrons. The molecule has 4 heteroatoms. The standard InChI is InChI=1S/C11H12BrFN2/c12-10-8-9(13)4-5-11(10)15-7-3-1-2-6-14/h4-5,8,15H,1-3,7H2. The molecule has 0 aliphatic rings. The van der Waals surface area contributed by atoms with Crippen LogP contribution in [-0.4, -0.2) is 6.54 Å². The summed E-state index contributed by atoms with van der Waals surface area (Å²) in [7, 11) is 0. The van der Waals surface area contributed by atoms with Crippen molar-refractivity contribution in [1.29, 1.82) is 5.26 Å². The third-order valence-electron chi connectivity index (χ3n) is 1.96. The highest BCUT2D eigenvalue weighted by Crippen LogP contribution is 2.22. The maximum absolute atomic E-state index is 12.7. The van der Waals surface area contributed by atoms with Crippen LogP contribution in [0.5, 0.6) is 0 Å². The first kappa shape index (κ1) is 12.0. The van der Waals surface area contributed by atoms with Gasteiger partial charge in [-0.1, -0.05) is 0 Å². The topological polar surface area (TPSA) is 35.8 Å². The molecule has 0 saturated carbocycles. The highest BCUT2D eigenvalue weighted by atomic mass is 79.9. The highest BCUT2D eigenvalue weighted by molar-refractivity contribution is 9.10. The lowest BCUT2D eigenvalue weighted by Gasteiger charge is -2.07. The normalized spacial score (nSPS) is 9.67. The molecule has 0 aliphatic heterocycles. The fourth-order valence-electron chi connectivity index (χ4n) is 1.18. The zero-order valence-corrected chi connectivity index (χ0v) is 9.85. The molecule has 2 nitrogen and oxygen atoms in total. The maximum Gasteiger partial charge on any atom is 0.124 e. The molecule has 1 N–H and O–H groups in total. The van der Waals surface area contributed by atoms with Crippen LogP contribution in [0.2, 0.25) is 0 Å². The van der Waals surface area contributed by atoms with E-state index >= 15 is 0 Å². The van der Waals surface area contributed by atoms with E-state index < -0.39 is 0 Å². The number of nitriles is 1. The second-order valence-corrected chi connectivity index (χ2v) is 4.02. The molecule has 0 amide bonds. The van der Waals surface area contributed by atoms with Crippen molar-refractivity contribution in [3.05, 3.63) is 28.5 Å². The van der Waals surface area contributed by atoms with Crippen LogP contribution in [0.25, 0.3) is 0 Å². The average molecular weight is 271 g/mol. The SMILES string of the molecule is N#CCCCCNc1ccc(F)cc1Br. The Morgan fingerprint density at radius 3 is 2.87 bits per heavy atom. The summed E-state index contributed by atoms with van der Waals surface area (Å²) >= 11 is 3.28. The molecule has 1 aromatic rings. The van der Waals surface area contributed by atoms with Gasteiger partial charge in [0.25, 0.3) is 0 Å². The van der Waals surface area contributed by atoms with E-state index in [0.29, 0.717) is 6.42 Å². The molecule has 0 unspecified atom stereocenters. The summed E-state index contributed by atoms with van der Waals surface area (Å²) < 4.78 is 13.5. The Morgan fingerprint density at radius 2 is 2.20 bits per heavy atom. The van der Waals surface area contributed by atoms with Gasteiger partial charge in [0, 0.05) is 23.1 Å². The lowest BCUT2D eigenvalue weighted by atomic mass is 10.2. The highest BCUT2D eigenvalue weighted by Gasteiger charge is 1.99. The zero-order chi connectivity index (χ0) is 11.1. The molecular formula is C11H12BrFN2. The summed E-state index contributed by atoms with van der Waals surface area (Å²) in [4.78, 5) is 0. The lowest BCUT2D eigenvalue weighted by molar-refractivity contribution is 0.627. The molecule has 0 heterocycles. The van der Waals surface area contributed by atoms with Crippen LogP contribution in [0.1, 0.15) is 19.3 Å². The predicted octanol–water partition coefficient (Wildman–Crippen LogP) is 3.69. The van der Waals surface area contributed by atoms with Gasteiger partial charge in [0.15, 0.2) is 0 Å². The summed E-state index contributed by atoms with van der Waals surface area (Å²) in [5.41, 5.74) is 0.883. The van der Waals surface area contributed by atoms with E-state index in [-0.39, 0.29) is 5.82 Å². The summed E-state index contributed by atoms with van der Waals surface area (Å²) in [6, 6.07) is 6.64. The van der Waals surface area contributed by atoms with Gasteiger partial charge in [-0.05, 0) is 47.0 Å². The number of hydrogen-bond donors (Lipinski definition) is 1. The lowest BCUT2D eigenvalue weighted by Crippen LogP contribution is -2.01. The van der Waals surface area contributed by atoms with Gasteiger partial charge in [-0.15, -0.1) is 0 Å². The largest absolute Gasteiger partial charge is 0.384 e. The van der Waals surface area contributed by atoms with Crippen LogP contribution in [-0.2, 0) is 0 Å². The van der Waals surface area contributed by atoms with Gasteiger partial charge >= 0.3 is 0 Å². The smallest absolute Gasteiger partial charge is 0.124 e. The first-order valence-electron chi connectivity index (χ1n) is 4.80. The van der Waals surface area contributed by atoms with Gasteiger partial charge < -0.3 is 5.32 Å². The number of anilines is 1. The molecule has 15 heavy (non-hydrogen) atoms. The van der Waals surface area contributed by atoms with E-state index in [4.69, 9.17) is 5.26 Å². The van der Waals surface area contributed by atoms with Gasteiger partial charge in [-0.25, -0.2) is 4.39 Å². The van der Waals surface area contributed by atoms with Crippen LogP contribution in [0.4, 0.5) is 10.1 Å².